The van der Waals surface area contributed by atoms with Crippen molar-refractivity contribution >= 4 is 17.6 Å². The summed E-state index contributed by atoms with van der Waals surface area (Å²) < 4.78 is 0. The lowest BCUT2D eigenvalue weighted by atomic mass is 9.99. The Morgan fingerprint density at radius 2 is 1.25 bits per heavy atom. The zero-order chi connectivity index (χ0) is 26.3. The first kappa shape index (κ1) is 37.8. The summed E-state index contributed by atoms with van der Waals surface area (Å²) in [4.78, 5) is 37.1. The lowest BCUT2D eigenvalue weighted by molar-refractivity contribution is -0.132. The van der Waals surface area contributed by atoms with Crippen LogP contribution in [0.5, 0.6) is 0 Å². The predicted octanol–water partition coefficient (Wildman–Crippen LogP) is 4.04. The van der Waals surface area contributed by atoms with Gasteiger partial charge >= 0.3 is 0 Å². The van der Waals surface area contributed by atoms with E-state index in [1.165, 1.54) is 6.92 Å². The molecule has 0 spiro atoms. The number of hydrogen-bond acceptors (Lipinski definition) is 5. The SMILES string of the molecule is CC.CC.CC.CNC(C(=O)NC(CC(C)C)C(=O)NC(CCCCN)C(C)=O)C(C)C. The molecule has 3 unspecified atom stereocenters. The van der Waals surface area contributed by atoms with Gasteiger partial charge in [-0.2, -0.15) is 0 Å². The van der Waals surface area contributed by atoms with Gasteiger partial charge in [0, 0.05) is 0 Å². The molecule has 0 aromatic heterocycles. The Morgan fingerprint density at radius 3 is 1.59 bits per heavy atom. The normalized spacial score (nSPS) is 12.6. The van der Waals surface area contributed by atoms with Gasteiger partial charge in [-0.15, -0.1) is 0 Å². The maximum atomic E-state index is 12.7. The summed E-state index contributed by atoms with van der Waals surface area (Å²) in [5, 5.41) is 8.64. The average molecular weight is 461 g/mol. The van der Waals surface area contributed by atoms with Crippen LogP contribution in [0, 0.1) is 11.8 Å². The van der Waals surface area contributed by atoms with Crippen LogP contribution in [0.3, 0.4) is 0 Å². The molecule has 0 aromatic carbocycles. The van der Waals surface area contributed by atoms with Crippen molar-refractivity contribution in [3.05, 3.63) is 0 Å². The van der Waals surface area contributed by atoms with Crippen LogP contribution in [0.25, 0.3) is 0 Å². The average Bonchev–Trinajstić information content (AvgIpc) is 2.76. The second-order valence-electron chi connectivity index (χ2n) is 7.66. The smallest absolute Gasteiger partial charge is 0.243 e. The number of Topliss-reactive ketones (excluding diaryl/α,β-unsaturated/α-hetero) is 1. The molecule has 7 heteroatoms. The molecule has 2 amide bonds. The van der Waals surface area contributed by atoms with Crippen molar-refractivity contribution in [2.24, 2.45) is 17.6 Å². The molecule has 194 valence electrons. The number of ketones is 1. The molecule has 7 nitrogen and oxygen atoms in total. The first-order chi connectivity index (χ1) is 15.1. The van der Waals surface area contributed by atoms with E-state index in [9.17, 15) is 14.4 Å². The van der Waals surface area contributed by atoms with Crippen molar-refractivity contribution in [1.82, 2.24) is 16.0 Å². The molecule has 0 bridgehead atoms. The molecule has 0 aliphatic heterocycles. The third kappa shape index (κ3) is 19.2. The van der Waals surface area contributed by atoms with Gasteiger partial charge < -0.3 is 21.7 Å². The van der Waals surface area contributed by atoms with Crippen LogP contribution in [0.4, 0.5) is 0 Å². The van der Waals surface area contributed by atoms with Crippen molar-refractivity contribution in [1.29, 1.82) is 0 Å². The maximum absolute atomic E-state index is 12.7. The van der Waals surface area contributed by atoms with E-state index in [2.05, 4.69) is 16.0 Å². The van der Waals surface area contributed by atoms with Crippen molar-refractivity contribution in [3.8, 4) is 0 Å². The van der Waals surface area contributed by atoms with Crippen LogP contribution in [-0.2, 0) is 14.4 Å². The fourth-order valence-electron chi connectivity index (χ4n) is 2.87. The van der Waals surface area contributed by atoms with E-state index >= 15 is 0 Å². The molecule has 0 heterocycles. The van der Waals surface area contributed by atoms with Gasteiger partial charge in [-0.25, -0.2) is 0 Å². The highest BCUT2D eigenvalue weighted by Gasteiger charge is 2.28. The summed E-state index contributed by atoms with van der Waals surface area (Å²) in [7, 11) is 1.73. The number of nitrogens with one attached hydrogen (secondary N) is 3. The molecular formula is C25H56N4O3. The predicted molar refractivity (Wildman–Crippen MR) is 139 cm³/mol. The molecule has 0 aliphatic rings. The standard InChI is InChI=1S/C19H38N4O3.3C2H6/c1-12(2)11-16(23-19(26)17(21-6)13(3)4)18(25)22-15(14(5)24)9-7-8-10-20;3*1-2/h12-13,15-17,21H,7-11,20H2,1-6H3,(H,22,25)(H,23,26);3*1-2H3. The largest absolute Gasteiger partial charge is 0.345 e. The second-order valence-corrected chi connectivity index (χ2v) is 7.66. The van der Waals surface area contributed by atoms with Crippen molar-refractivity contribution in [2.45, 2.75) is 120 Å². The van der Waals surface area contributed by atoms with E-state index in [4.69, 9.17) is 5.73 Å². The number of rotatable bonds is 13. The minimum absolute atomic E-state index is 0.0831. The molecule has 5 N–H and O–H groups in total. The Morgan fingerprint density at radius 1 is 0.781 bits per heavy atom. The van der Waals surface area contributed by atoms with Gasteiger partial charge in [-0.3, -0.25) is 14.4 Å². The number of unbranched alkanes of at least 4 members (excludes halogenated alkanes) is 1. The van der Waals surface area contributed by atoms with Gasteiger partial charge in [0.05, 0.1) is 12.1 Å². The third-order valence-electron chi connectivity index (χ3n) is 4.35. The van der Waals surface area contributed by atoms with Crippen molar-refractivity contribution in [2.75, 3.05) is 13.6 Å². The zero-order valence-corrected chi connectivity index (χ0v) is 23.2. The fourth-order valence-corrected chi connectivity index (χ4v) is 2.87. The van der Waals surface area contributed by atoms with Gasteiger partial charge in [0.1, 0.15) is 6.04 Å². The zero-order valence-electron chi connectivity index (χ0n) is 23.2. The summed E-state index contributed by atoms with van der Waals surface area (Å²) in [5.41, 5.74) is 5.49. The Bertz CT molecular complexity index is 454. The van der Waals surface area contributed by atoms with Gasteiger partial charge in [0.2, 0.25) is 11.8 Å². The van der Waals surface area contributed by atoms with Crippen molar-refractivity contribution < 1.29 is 14.4 Å². The van der Waals surface area contributed by atoms with Gasteiger partial charge in [-0.1, -0.05) is 69.2 Å². The molecule has 0 aromatic rings. The number of likely N-dealkylation sites (N-methyl/N-ethyl adjacent to an activating group) is 1. The fraction of sp³-hybridized carbons (Fsp3) is 0.880. The van der Waals surface area contributed by atoms with Gasteiger partial charge in [0.25, 0.3) is 0 Å². The van der Waals surface area contributed by atoms with E-state index in [1.807, 2.05) is 69.2 Å². The highest BCUT2D eigenvalue weighted by molar-refractivity contribution is 5.93. The minimum atomic E-state index is -0.659. The Balaban J connectivity index is -0.000000597. The molecule has 0 saturated carbocycles. The summed E-state index contributed by atoms with van der Waals surface area (Å²) >= 11 is 0. The lowest BCUT2D eigenvalue weighted by Gasteiger charge is -2.26. The van der Waals surface area contributed by atoms with Crippen LogP contribution < -0.4 is 21.7 Å². The summed E-state index contributed by atoms with van der Waals surface area (Å²) in [6, 6.07) is -1.56. The molecule has 3 atom stereocenters. The number of nitrogens with two attached hydrogens (primary N) is 1. The molecule has 32 heavy (non-hydrogen) atoms. The highest BCUT2D eigenvalue weighted by Crippen LogP contribution is 2.09. The van der Waals surface area contributed by atoms with Gasteiger partial charge in [0.15, 0.2) is 5.78 Å². The quantitative estimate of drug-likeness (QED) is 0.310. The molecule has 0 radical (unpaired) electrons. The Hall–Kier alpha value is -1.47. The maximum Gasteiger partial charge on any atom is 0.243 e. The minimum Gasteiger partial charge on any atom is -0.345 e. The second kappa shape index (κ2) is 25.8. The monoisotopic (exact) mass is 460 g/mol. The number of hydrogen-bond donors (Lipinski definition) is 4. The number of carbonyl (C=O) groups excluding carboxylic acids is 3. The van der Waals surface area contributed by atoms with E-state index in [-0.39, 0.29) is 35.5 Å². The molecule has 0 aliphatic carbocycles. The van der Waals surface area contributed by atoms with E-state index < -0.39 is 12.1 Å². The van der Waals surface area contributed by atoms with Crippen molar-refractivity contribution in [3.63, 3.8) is 0 Å². The summed E-state index contributed by atoms with van der Waals surface area (Å²) in [6.45, 7) is 21.9. The van der Waals surface area contributed by atoms with E-state index in [0.717, 1.165) is 12.8 Å². The lowest BCUT2D eigenvalue weighted by Crippen LogP contribution is -2.55. The van der Waals surface area contributed by atoms with Crippen LogP contribution in [-0.4, -0.2) is 49.3 Å². The molecule has 0 fully saturated rings. The van der Waals surface area contributed by atoms with E-state index in [0.29, 0.717) is 19.4 Å². The van der Waals surface area contributed by atoms with E-state index in [1.54, 1.807) is 7.05 Å². The molecule has 0 saturated heterocycles. The third-order valence-corrected chi connectivity index (χ3v) is 4.35. The molecule has 0 rings (SSSR count). The highest BCUT2D eigenvalue weighted by atomic mass is 16.2. The van der Waals surface area contributed by atoms with Crippen LogP contribution in [0.2, 0.25) is 0 Å². The Kier molecular flexibility index (Phi) is 30.5. The first-order valence-electron chi connectivity index (χ1n) is 12.6. The molecular weight excluding hydrogens is 404 g/mol. The topological polar surface area (TPSA) is 113 Å². The van der Waals surface area contributed by atoms with Gasteiger partial charge in [-0.05, 0) is 58.0 Å². The van der Waals surface area contributed by atoms with Crippen LogP contribution in [0.15, 0.2) is 0 Å². The summed E-state index contributed by atoms with van der Waals surface area (Å²) in [6.07, 6.45) is 2.66. The first-order valence-corrected chi connectivity index (χ1v) is 12.6. The number of amides is 2. The summed E-state index contributed by atoms with van der Waals surface area (Å²) in [5.74, 6) is -0.264. The number of carbonyl (C=O) groups is 3. The van der Waals surface area contributed by atoms with Crippen LogP contribution >= 0.6 is 0 Å². The Labute approximate surface area is 199 Å². The van der Waals surface area contributed by atoms with Crippen LogP contribution in [0.1, 0.15) is 102 Å².